The first-order chi connectivity index (χ1) is 13.4. The van der Waals surface area contributed by atoms with Gasteiger partial charge in [-0.3, -0.25) is 9.59 Å². The van der Waals surface area contributed by atoms with Crippen LogP contribution in [0.15, 0.2) is 18.7 Å². The molecule has 2 aliphatic rings. The fraction of sp³-hybridized carbons (Fsp3) is 0.619. The van der Waals surface area contributed by atoms with Crippen LogP contribution in [-0.2, 0) is 9.59 Å². The summed E-state index contributed by atoms with van der Waals surface area (Å²) in [5.41, 5.74) is 0.979. The summed E-state index contributed by atoms with van der Waals surface area (Å²) >= 11 is 0. The van der Waals surface area contributed by atoms with Crippen molar-refractivity contribution in [3.8, 4) is 0 Å². The average molecular weight is 386 g/mol. The maximum atomic E-state index is 13.0. The van der Waals surface area contributed by atoms with E-state index in [1.807, 2.05) is 31.9 Å². The molecule has 3 rings (SSSR count). The van der Waals surface area contributed by atoms with Crippen molar-refractivity contribution < 1.29 is 9.59 Å². The van der Waals surface area contributed by atoms with Crippen LogP contribution in [0.1, 0.15) is 37.2 Å². The Morgan fingerprint density at radius 2 is 1.89 bits per heavy atom. The van der Waals surface area contributed by atoms with Crippen molar-refractivity contribution in [1.82, 2.24) is 19.8 Å². The van der Waals surface area contributed by atoms with E-state index < -0.39 is 0 Å². The molecule has 2 fully saturated rings. The van der Waals surface area contributed by atoms with Gasteiger partial charge in [-0.2, -0.15) is 0 Å². The predicted octanol–water partition coefficient (Wildman–Crippen LogP) is 1.95. The Morgan fingerprint density at radius 1 is 1.18 bits per heavy atom. The first-order valence-corrected chi connectivity index (χ1v) is 10.1. The van der Waals surface area contributed by atoms with Crippen molar-refractivity contribution in [2.75, 3.05) is 38.1 Å². The van der Waals surface area contributed by atoms with Gasteiger partial charge in [-0.05, 0) is 45.6 Å². The molecule has 0 radical (unpaired) electrons. The van der Waals surface area contributed by atoms with Gasteiger partial charge in [-0.1, -0.05) is 6.58 Å². The number of piperidine rings is 2. The van der Waals surface area contributed by atoms with Gasteiger partial charge in [0.2, 0.25) is 11.8 Å². The lowest BCUT2D eigenvalue weighted by molar-refractivity contribution is -0.140. The third kappa shape index (κ3) is 4.51. The zero-order valence-corrected chi connectivity index (χ0v) is 17.2. The van der Waals surface area contributed by atoms with Gasteiger partial charge < -0.3 is 14.7 Å². The zero-order chi connectivity index (χ0) is 20.3. The SMILES string of the molecule is C=CC(=O)N1CCCC(C(=O)N(C)C2CCN(c3cc(C)nc(C)n3)CC2)C1. The van der Waals surface area contributed by atoms with Gasteiger partial charge in [-0.15, -0.1) is 0 Å². The van der Waals surface area contributed by atoms with E-state index in [1.54, 1.807) is 4.90 Å². The molecule has 2 saturated heterocycles. The molecule has 1 aromatic heterocycles. The van der Waals surface area contributed by atoms with Gasteiger partial charge >= 0.3 is 0 Å². The van der Waals surface area contributed by atoms with Gasteiger partial charge in [0, 0.05) is 51.0 Å². The number of aryl methyl sites for hydroxylation is 2. The van der Waals surface area contributed by atoms with E-state index in [-0.39, 0.29) is 23.8 Å². The molecule has 0 bridgehead atoms. The Labute approximate surface area is 167 Å². The smallest absolute Gasteiger partial charge is 0.245 e. The van der Waals surface area contributed by atoms with Crippen molar-refractivity contribution in [3.05, 3.63) is 30.2 Å². The Kier molecular flexibility index (Phi) is 6.31. The van der Waals surface area contributed by atoms with Crippen LogP contribution in [-0.4, -0.2) is 70.9 Å². The van der Waals surface area contributed by atoms with E-state index >= 15 is 0 Å². The standard InChI is InChI=1S/C21H31N5O2/c1-5-20(27)26-10-6-7-17(14-26)21(28)24(4)18-8-11-25(12-9-18)19-13-15(2)22-16(3)23-19/h5,13,17-18H,1,6-12,14H2,2-4H3. The van der Waals surface area contributed by atoms with E-state index in [0.717, 1.165) is 56.1 Å². The van der Waals surface area contributed by atoms with Crippen LogP contribution in [0.5, 0.6) is 0 Å². The summed E-state index contributed by atoms with van der Waals surface area (Å²) in [6.07, 6.45) is 4.90. The second-order valence-corrected chi connectivity index (χ2v) is 7.91. The molecule has 0 aromatic carbocycles. The van der Waals surface area contributed by atoms with Gasteiger partial charge in [0.1, 0.15) is 11.6 Å². The van der Waals surface area contributed by atoms with Gasteiger partial charge in [0.05, 0.1) is 5.92 Å². The number of anilines is 1. The summed E-state index contributed by atoms with van der Waals surface area (Å²) in [5, 5.41) is 0. The lowest BCUT2D eigenvalue weighted by Gasteiger charge is -2.40. The number of nitrogens with zero attached hydrogens (tertiary/aromatic N) is 5. The number of hydrogen-bond acceptors (Lipinski definition) is 5. The summed E-state index contributed by atoms with van der Waals surface area (Å²) in [6, 6.07) is 2.26. The Bertz CT molecular complexity index is 722. The van der Waals surface area contributed by atoms with E-state index in [1.165, 1.54) is 6.08 Å². The normalized spacial score (nSPS) is 20.8. The molecule has 3 heterocycles. The molecule has 2 aliphatic heterocycles. The summed E-state index contributed by atoms with van der Waals surface area (Å²) in [7, 11) is 1.91. The van der Waals surface area contributed by atoms with Crippen LogP contribution >= 0.6 is 0 Å². The molecule has 0 spiro atoms. The summed E-state index contributed by atoms with van der Waals surface area (Å²) < 4.78 is 0. The topological polar surface area (TPSA) is 69.6 Å². The summed E-state index contributed by atoms with van der Waals surface area (Å²) in [4.78, 5) is 39.8. The van der Waals surface area contributed by atoms with Crippen LogP contribution in [0.4, 0.5) is 5.82 Å². The second-order valence-electron chi connectivity index (χ2n) is 7.91. The number of hydrogen-bond donors (Lipinski definition) is 0. The Morgan fingerprint density at radius 3 is 2.54 bits per heavy atom. The summed E-state index contributed by atoms with van der Waals surface area (Å²) in [6.45, 7) is 10.4. The van der Waals surface area contributed by atoms with Gasteiger partial charge in [0.15, 0.2) is 0 Å². The maximum Gasteiger partial charge on any atom is 0.245 e. The molecule has 28 heavy (non-hydrogen) atoms. The van der Waals surface area contributed by atoms with Crippen molar-refractivity contribution >= 4 is 17.6 Å². The minimum absolute atomic E-state index is 0.0797. The quantitative estimate of drug-likeness (QED) is 0.741. The highest BCUT2D eigenvalue weighted by Crippen LogP contribution is 2.24. The molecule has 7 heteroatoms. The molecule has 1 unspecified atom stereocenters. The molecule has 1 aromatic rings. The molecule has 152 valence electrons. The van der Waals surface area contributed by atoms with Crippen LogP contribution in [0, 0.1) is 19.8 Å². The Balaban J connectivity index is 1.57. The molecule has 0 aliphatic carbocycles. The number of likely N-dealkylation sites (tertiary alicyclic amines) is 1. The lowest BCUT2D eigenvalue weighted by atomic mass is 9.94. The first kappa shape index (κ1) is 20.3. The van der Waals surface area contributed by atoms with Crippen molar-refractivity contribution in [3.63, 3.8) is 0 Å². The summed E-state index contributed by atoms with van der Waals surface area (Å²) in [5.74, 6) is 1.74. The third-order valence-electron chi connectivity index (χ3n) is 5.89. The predicted molar refractivity (Wildman–Crippen MR) is 109 cm³/mol. The van der Waals surface area contributed by atoms with Crippen LogP contribution < -0.4 is 4.90 Å². The third-order valence-corrected chi connectivity index (χ3v) is 5.89. The monoisotopic (exact) mass is 385 g/mol. The first-order valence-electron chi connectivity index (χ1n) is 10.1. The zero-order valence-electron chi connectivity index (χ0n) is 17.2. The molecule has 2 amide bonds. The molecular weight excluding hydrogens is 354 g/mol. The molecule has 7 nitrogen and oxygen atoms in total. The van der Waals surface area contributed by atoms with Crippen molar-refractivity contribution in [2.45, 2.75) is 45.6 Å². The number of aromatic nitrogens is 2. The van der Waals surface area contributed by atoms with Gasteiger partial charge in [0.25, 0.3) is 0 Å². The molecule has 0 N–H and O–H groups in total. The Hall–Kier alpha value is -2.44. The second kappa shape index (κ2) is 8.71. The van der Waals surface area contributed by atoms with Crippen molar-refractivity contribution in [1.29, 1.82) is 0 Å². The van der Waals surface area contributed by atoms with Crippen LogP contribution in [0.3, 0.4) is 0 Å². The van der Waals surface area contributed by atoms with Crippen molar-refractivity contribution in [2.24, 2.45) is 5.92 Å². The highest BCUT2D eigenvalue weighted by Gasteiger charge is 2.33. The largest absolute Gasteiger partial charge is 0.356 e. The average Bonchev–Trinajstić information content (AvgIpc) is 2.71. The van der Waals surface area contributed by atoms with Gasteiger partial charge in [-0.25, -0.2) is 9.97 Å². The maximum absolute atomic E-state index is 13.0. The minimum Gasteiger partial charge on any atom is -0.356 e. The minimum atomic E-state index is -0.104. The molecular formula is C21H31N5O2. The molecule has 0 saturated carbocycles. The van der Waals surface area contributed by atoms with E-state index in [9.17, 15) is 9.59 Å². The fourth-order valence-electron chi connectivity index (χ4n) is 4.32. The fourth-order valence-corrected chi connectivity index (χ4v) is 4.32. The highest BCUT2D eigenvalue weighted by molar-refractivity contribution is 5.88. The van der Waals surface area contributed by atoms with E-state index in [0.29, 0.717) is 13.1 Å². The molecule has 1 atom stereocenters. The number of carbonyl (C=O) groups excluding carboxylic acids is 2. The number of amides is 2. The number of carbonyl (C=O) groups is 2. The van der Waals surface area contributed by atoms with Crippen LogP contribution in [0.2, 0.25) is 0 Å². The van der Waals surface area contributed by atoms with Crippen LogP contribution in [0.25, 0.3) is 0 Å². The van der Waals surface area contributed by atoms with E-state index in [4.69, 9.17) is 0 Å². The highest BCUT2D eigenvalue weighted by atomic mass is 16.2. The lowest BCUT2D eigenvalue weighted by Crippen LogP contribution is -2.50. The number of rotatable bonds is 4. The van der Waals surface area contributed by atoms with E-state index in [2.05, 4.69) is 21.4 Å².